The lowest BCUT2D eigenvalue weighted by Crippen LogP contribution is -2.55. The Labute approximate surface area is 242 Å². The average molecular weight is 583 g/mol. The third-order valence-electron chi connectivity index (χ3n) is 9.04. The Hall–Kier alpha value is -3.66. The van der Waals surface area contributed by atoms with Gasteiger partial charge in [-0.3, -0.25) is 9.69 Å². The summed E-state index contributed by atoms with van der Waals surface area (Å²) in [4.78, 5) is 30.3. The lowest BCUT2D eigenvalue weighted by Gasteiger charge is -2.40. The fraction of sp³-hybridized carbons (Fsp3) is 0.438. The van der Waals surface area contributed by atoms with Gasteiger partial charge in [0.2, 0.25) is 5.91 Å². The van der Waals surface area contributed by atoms with Gasteiger partial charge >= 0.3 is 12.2 Å². The van der Waals surface area contributed by atoms with Crippen LogP contribution in [0.1, 0.15) is 55.2 Å². The number of fused-ring (bicyclic) bond motifs is 3. The molecular formula is C32H34F4N4O2. The number of amides is 3. The van der Waals surface area contributed by atoms with Crippen LogP contribution in [0, 0.1) is 5.82 Å². The quantitative estimate of drug-likeness (QED) is 0.352. The van der Waals surface area contributed by atoms with Crippen LogP contribution in [0.2, 0.25) is 0 Å². The highest BCUT2D eigenvalue weighted by molar-refractivity contribution is 5.87. The van der Waals surface area contributed by atoms with Crippen molar-refractivity contribution in [3.8, 4) is 0 Å². The highest BCUT2D eigenvalue weighted by Gasteiger charge is 2.42. The van der Waals surface area contributed by atoms with E-state index in [1.165, 1.54) is 34.7 Å². The first-order chi connectivity index (χ1) is 20.2. The number of carbonyl (C=O) groups is 2. The van der Waals surface area contributed by atoms with E-state index in [2.05, 4.69) is 27.7 Å². The van der Waals surface area contributed by atoms with Crippen LogP contribution < -0.4 is 10.6 Å². The number of nitrogens with one attached hydrogen (secondary N) is 2. The fourth-order valence-electron chi connectivity index (χ4n) is 7.02. The number of nitrogens with zero attached hydrogens (tertiary/aromatic N) is 2. The Kier molecular flexibility index (Phi) is 7.83. The van der Waals surface area contributed by atoms with E-state index in [0.717, 1.165) is 49.1 Å². The Morgan fingerprint density at radius 2 is 1.62 bits per heavy atom. The van der Waals surface area contributed by atoms with E-state index in [9.17, 15) is 27.2 Å². The number of alkyl halides is 3. The molecule has 3 aliphatic rings. The first-order valence-electron chi connectivity index (χ1n) is 14.6. The van der Waals surface area contributed by atoms with E-state index >= 15 is 0 Å². The van der Waals surface area contributed by atoms with Crippen molar-refractivity contribution in [2.75, 3.05) is 6.54 Å². The summed E-state index contributed by atoms with van der Waals surface area (Å²) in [5, 5.41) is 7.67. The largest absolute Gasteiger partial charge is 0.416 e. The molecule has 42 heavy (non-hydrogen) atoms. The number of rotatable bonds is 6. The summed E-state index contributed by atoms with van der Waals surface area (Å²) in [7, 11) is 0. The molecule has 0 radical (unpaired) electrons. The monoisotopic (exact) mass is 582 g/mol. The van der Waals surface area contributed by atoms with Crippen molar-refractivity contribution in [3.63, 3.8) is 0 Å². The van der Waals surface area contributed by atoms with Crippen LogP contribution in [-0.4, -0.2) is 52.5 Å². The SMILES string of the molecule is O=C(NCc1ccccc1C(F)(F)F)[C@@H]1CCCN1C(=O)NC1CC2CCC(C1)N2Cc1ccc2cc(F)ccc2c1. The highest BCUT2D eigenvalue weighted by atomic mass is 19.4. The zero-order valence-electron chi connectivity index (χ0n) is 23.2. The Bertz CT molecular complexity index is 1460. The van der Waals surface area contributed by atoms with Crippen molar-refractivity contribution in [3.05, 3.63) is 83.2 Å². The van der Waals surface area contributed by atoms with Crippen LogP contribution in [0.15, 0.2) is 60.7 Å². The van der Waals surface area contributed by atoms with Crippen LogP contribution >= 0.6 is 0 Å². The van der Waals surface area contributed by atoms with Crippen molar-refractivity contribution >= 4 is 22.7 Å². The molecule has 6 rings (SSSR count). The molecule has 10 heteroatoms. The Morgan fingerprint density at radius 1 is 0.905 bits per heavy atom. The van der Waals surface area contributed by atoms with Gasteiger partial charge in [-0.1, -0.05) is 36.4 Å². The van der Waals surface area contributed by atoms with Crippen LogP contribution in [0.25, 0.3) is 10.8 Å². The number of urea groups is 1. The molecule has 3 aliphatic heterocycles. The smallest absolute Gasteiger partial charge is 0.350 e. The van der Waals surface area contributed by atoms with Crippen molar-refractivity contribution in [2.24, 2.45) is 0 Å². The molecule has 3 aromatic rings. The van der Waals surface area contributed by atoms with Gasteiger partial charge < -0.3 is 15.5 Å². The van der Waals surface area contributed by atoms with Gasteiger partial charge in [-0.05, 0) is 84.7 Å². The number of halogens is 4. The van der Waals surface area contributed by atoms with E-state index in [4.69, 9.17) is 0 Å². The summed E-state index contributed by atoms with van der Waals surface area (Å²) in [6.45, 7) is 0.978. The minimum atomic E-state index is -4.51. The third-order valence-corrected chi connectivity index (χ3v) is 9.04. The van der Waals surface area contributed by atoms with E-state index in [-0.39, 0.29) is 30.0 Å². The molecule has 2 bridgehead atoms. The summed E-state index contributed by atoms with van der Waals surface area (Å²) in [6.07, 6.45) is 0.384. The molecule has 222 valence electrons. The van der Waals surface area contributed by atoms with Crippen molar-refractivity contribution in [2.45, 2.75) is 82.0 Å². The van der Waals surface area contributed by atoms with Gasteiger partial charge in [0.05, 0.1) is 5.56 Å². The van der Waals surface area contributed by atoms with Gasteiger partial charge in [0.25, 0.3) is 0 Å². The zero-order chi connectivity index (χ0) is 29.4. The fourth-order valence-corrected chi connectivity index (χ4v) is 7.02. The first kappa shape index (κ1) is 28.5. The second-order valence-corrected chi connectivity index (χ2v) is 11.7. The number of piperidine rings is 1. The van der Waals surface area contributed by atoms with E-state index in [1.54, 1.807) is 12.1 Å². The number of hydrogen-bond donors (Lipinski definition) is 2. The summed E-state index contributed by atoms with van der Waals surface area (Å²) in [6, 6.07) is 15.8. The lowest BCUT2D eigenvalue weighted by atomic mass is 9.96. The first-order valence-corrected chi connectivity index (χ1v) is 14.6. The second kappa shape index (κ2) is 11.6. The van der Waals surface area contributed by atoms with E-state index < -0.39 is 23.7 Å². The van der Waals surface area contributed by atoms with E-state index in [0.29, 0.717) is 31.5 Å². The molecule has 3 heterocycles. The van der Waals surface area contributed by atoms with Gasteiger partial charge in [-0.2, -0.15) is 13.2 Å². The van der Waals surface area contributed by atoms with Crippen LogP contribution in [-0.2, 0) is 24.1 Å². The van der Waals surface area contributed by atoms with Gasteiger partial charge in [0.1, 0.15) is 11.9 Å². The lowest BCUT2D eigenvalue weighted by molar-refractivity contribution is -0.138. The summed E-state index contributed by atoms with van der Waals surface area (Å²) in [5.74, 6) is -0.683. The molecule has 0 aromatic heterocycles. The predicted octanol–water partition coefficient (Wildman–Crippen LogP) is 5.98. The summed E-state index contributed by atoms with van der Waals surface area (Å²) < 4.78 is 53.6. The van der Waals surface area contributed by atoms with Crippen molar-refractivity contribution in [1.29, 1.82) is 0 Å². The molecule has 3 atom stereocenters. The maximum absolute atomic E-state index is 13.6. The maximum Gasteiger partial charge on any atom is 0.416 e. The number of carbonyl (C=O) groups excluding carboxylic acids is 2. The Balaban J connectivity index is 1.04. The molecule has 0 saturated carbocycles. The minimum Gasteiger partial charge on any atom is -0.350 e. The molecule has 3 amide bonds. The molecule has 0 spiro atoms. The van der Waals surface area contributed by atoms with Crippen LogP contribution in [0.4, 0.5) is 22.4 Å². The predicted molar refractivity (Wildman–Crippen MR) is 151 cm³/mol. The molecule has 3 aromatic carbocycles. The Morgan fingerprint density at radius 3 is 2.38 bits per heavy atom. The average Bonchev–Trinajstić information content (AvgIpc) is 3.54. The minimum absolute atomic E-state index is 0.00574. The normalized spacial score (nSPS) is 24.2. The molecule has 2 unspecified atom stereocenters. The summed E-state index contributed by atoms with van der Waals surface area (Å²) >= 11 is 0. The maximum atomic E-state index is 13.6. The molecule has 0 aliphatic carbocycles. The zero-order valence-corrected chi connectivity index (χ0v) is 23.2. The van der Waals surface area contributed by atoms with Crippen molar-refractivity contribution < 1.29 is 27.2 Å². The van der Waals surface area contributed by atoms with Gasteiger partial charge in [-0.25, -0.2) is 9.18 Å². The molecular weight excluding hydrogens is 548 g/mol. The van der Waals surface area contributed by atoms with Crippen molar-refractivity contribution in [1.82, 2.24) is 20.4 Å². The van der Waals surface area contributed by atoms with E-state index in [1.807, 2.05) is 6.07 Å². The molecule has 3 fully saturated rings. The number of benzene rings is 3. The van der Waals surface area contributed by atoms with Crippen LogP contribution in [0.5, 0.6) is 0 Å². The standard InChI is InChI=1S/C32H34F4N4O2/c33-24-10-9-21-14-20(7-8-22(21)15-24)19-40-26-11-12-27(40)17-25(16-26)38-31(42)39-13-3-6-29(39)30(41)37-18-23-4-1-2-5-28(23)32(34,35)36/h1-2,4-5,7-10,14-15,25-27,29H,3,6,11-13,16-19H2,(H,37,41)(H,38,42)/t25?,26?,27?,29-/m0/s1. The molecule has 3 saturated heterocycles. The van der Waals surface area contributed by atoms with Gasteiger partial charge in [0.15, 0.2) is 0 Å². The topological polar surface area (TPSA) is 64.7 Å². The number of hydrogen-bond acceptors (Lipinski definition) is 3. The van der Waals surface area contributed by atoms with Gasteiger partial charge in [0, 0.05) is 37.8 Å². The van der Waals surface area contributed by atoms with Gasteiger partial charge in [-0.15, -0.1) is 0 Å². The molecule has 2 N–H and O–H groups in total. The highest BCUT2D eigenvalue weighted by Crippen LogP contribution is 2.37. The molecule has 6 nitrogen and oxygen atoms in total. The number of likely N-dealkylation sites (tertiary alicyclic amines) is 1. The summed E-state index contributed by atoms with van der Waals surface area (Å²) in [5.41, 5.74) is 0.396. The second-order valence-electron chi connectivity index (χ2n) is 11.7. The van der Waals surface area contributed by atoms with Crippen LogP contribution in [0.3, 0.4) is 0 Å². The third kappa shape index (κ3) is 5.95.